The molecule has 1 rings (SSSR count). The van der Waals surface area contributed by atoms with Crippen molar-refractivity contribution in [3.05, 3.63) is 22.5 Å². The Hall–Kier alpha value is -1.87. The zero-order valence-corrected chi connectivity index (χ0v) is 10.3. The maximum Gasteiger partial charge on any atom is 0.235 e. The van der Waals surface area contributed by atoms with Crippen molar-refractivity contribution in [3.8, 4) is 11.5 Å². The van der Waals surface area contributed by atoms with Crippen molar-refractivity contribution >= 4 is 6.08 Å². The van der Waals surface area contributed by atoms with Crippen molar-refractivity contribution in [3.63, 3.8) is 0 Å². The van der Waals surface area contributed by atoms with Crippen LogP contribution in [0.1, 0.15) is 16.7 Å². The molecule has 0 atom stereocenters. The van der Waals surface area contributed by atoms with Crippen LogP contribution in [0.15, 0.2) is 4.99 Å². The average molecular weight is 239 g/mol. The third-order valence-electron chi connectivity index (χ3n) is 2.65. The smallest absolute Gasteiger partial charge is 0.235 e. The van der Waals surface area contributed by atoms with Gasteiger partial charge in [0.05, 0.1) is 20.8 Å². The quantitative estimate of drug-likeness (QED) is 0.598. The monoisotopic (exact) mass is 239 g/mol. The summed E-state index contributed by atoms with van der Waals surface area (Å²) in [6, 6.07) is 0. The first-order valence-electron chi connectivity index (χ1n) is 5.01. The fourth-order valence-electron chi connectivity index (χ4n) is 1.79. The lowest BCUT2D eigenvalue weighted by Crippen LogP contribution is -2.04. The first-order valence-corrected chi connectivity index (χ1v) is 5.01. The van der Waals surface area contributed by atoms with Crippen LogP contribution in [0.4, 0.5) is 4.39 Å². The van der Waals surface area contributed by atoms with Gasteiger partial charge in [-0.15, -0.1) is 0 Å². The van der Waals surface area contributed by atoms with Gasteiger partial charge in [-0.2, -0.15) is 0 Å². The van der Waals surface area contributed by atoms with Gasteiger partial charge in [0.1, 0.15) is 5.75 Å². The van der Waals surface area contributed by atoms with Crippen LogP contribution in [0.2, 0.25) is 0 Å². The van der Waals surface area contributed by atoms with E-state index in [1.807, 2.05) is 0 Å². The Labute approximate surface area is 99.1 Å². The minimum atomic E-state index is -0.458. The molecule has 0 unspecified atom stereocenters. The summed E-state index contributed by atoms with van der Waals surface area (Å²) >= 11 is 0. The minimum Gasteiger partial charge on any atom is -0.496 e. The highest BCUT2D eigenvalue weighted by Crippen LogP contribution is 2.37. The van der Waals surface area contributed by atoms with E-state index in [2.05, 4.69) is 4.99 Å². The number of aliphatic imine (C=N–C) groups is 1. The van der Waals surface area contributed by atoms with Crippen molar-refractivity contribution in [2.24, 2.45) is 4.99 Å². The summed E-state index contributed by atoms with van der Waals surface area (Å²) in [5.74, 6) is 0.0832. The van der Waals surface area contributed by atoms with Gasteiger partial charge < -0.3 is 9.47 Å². The molecule has 5 heteroatoms. The standard InChI is InChI=1S/C12H14FNO3/c1-7-9(5-14-6-15)11(16-3)8(2)10(13)12(7)17-4/h5H2,1-4H3. The molecule has 0 radical (unpaired) electrons. The van der Waals surface area contributed by atoms with Crippen molar-refractivity contribution in [2.75, 3.05) is 14.2 Å². The van der Waals surface area contributed by atoms with Crippen molar-refractivity contribution in [1.82, 2.24) is 0 Å². The second kappa shape index (κ2) is 5.46. The van der Waals surface area contributed by atoms with Crippen molar-refractivity contribution < 1.29 is 18.7 Å². The van der Waals surface area contributed by atoms with Crippen LogP contribution in [0.3, 0.4) is 0 Å². The Balaban J connectivity index is 3.54. The highest BCUT2D eigenvalue weighted by molar-refractivity contribution is 5.54. The lowest BCUT2D eigenvalue weighted by Gasteiger charge is -2.17. The largest absolute Gasteiger partial charge is 0.496 e. The van der Waals surface area contributed by atoms with Gasteiger partial charge in [0.15, 0.2) is 11.6 Å². The maximum absolute atomic E-state index is 13.9. The van der Waals surface area contributed by atoms with Gasteiger partial charge in [0.25, 0.3) is 0 Å². The molecule has 0 fully saturated rings. The summed E-state index contributed by atoms with van der Waals surface area (Å²) in [5.41, 5.74) is 1.55. The van der Waals surface area contributed by atoms with E-state index in [9.17, 15) is 9.18 Å². The minimum absolute atomic E-state index is 0.0932. The van der Waals surface area contributed by atoms with E-state index in [-0.39, 0.29) is 12.3 Å². The van der Waals surface area contributed by atoms with E-state index in [1.54, 1.807) is 13.8 Å². The van der Waals surface area contributed by atoms with Gasteiger partial charge in [-0.25, -0.2) is 14.2 Å². The summed E-state index contributed by atoms with van der Waals surface area (Å²) in [5, 5.41) is 0. The number of benzene rings is 1. The summed E-state index contributed by atoms with van der Waals surface area (Å²) in [6.07, 6.45) is 1.45. The number of methoxy groups -OCH3 is 2. The molecular formula is C12H14FNO3. The van der Waals surface area contributed by atoms with Gasteiger partial charge in [-0.05, 0) is 13.8 Å². The van der Waals surface area contributed by atoms with E-state index in [1.165, 1.54) is 20.3 Å². The van der Waals surface area contributed by atoms with Gasteiger partial charge in [-0.1, -0.05) is 0 Å². The molecule has 92 valence electrons. The summed E-state index contributed by atoms with van der Waals surface area (Å²) in [6.45, 7) is 3.37. The number of rotatable bonds is 4. The number of ether oxygens (including phenoxy) is 2. The molecular weight excluding hydrogens is 225 g/mol. The molecule has 0 N–H and O–H groups in total. The van der Waals surface area contributed by atoms with Crippen LogP contribution in [0, 0.1) is 19.7 Å². The summed E-state index contributed by atoms with van der Waals surface area (Å²) in [4.78, 5) is 13.7. The molecule has 4 nitrogen and oxygen atoms in total. The van der Waals surface area contributed by atoms with Gasteiger partial charge in [-0.3, -0.25) is 0 Å². The van der Waals surface area contributed by atoms with E-state index in [0.717, 1.165) is 0 Å². The van der Waals surface area contributed by atoms with Crippen LogP contribution in [-0.4, -0.2) is 20.3 Å². The van der Waals surface area contributed by atoms with Crippen LogP contribution in [0.25, 0.3) is 0 Å². The maximum atomic E-state index is 13.9. The van der Waals surface area contributed by atoms with Gasteiger partial charge in [0.2, 0.25) is 6.08 Å². The number of hydrogen-bond donors (Lipinski definition) is 0. The molecule has 0 aliphatic carbocycles. The Morgan fingerprint density at radius 1 is 1.18 bits per heavy atom. The molecule has 0 amide bonds. The summed E-state index contributed by atoms with van der Waals surface area (Å²) in [7, 11) is 2.84. The first kappa shape index (κ1) is 13.2. The average Bonchev–Trinajstić information content (AvgIpc) is 2.33. The van der Waals surface area contributed by atoms with Crippen LogP contribution >= 0.6 is 0 Å². The second-order valence-electron chi connectivity index (χ2n) is 3.52. The molecule has 1 aromatic carbocycles. The Morgan fingerprint density at radius 3 is 2.24 bits per heavy atom. The Morgan fingerprint density at radius 2 is 1.76 bits per heavy atom. The van der Waals surface area contributed by atoms with Crippen LogP contribution in [-0.2, 0) is 11.3 Å². The third kappa shape index (κ3) is 2.29. The number of carbonyl (C=O) groups excluding carboxylic acids is 1. The fraction of sp³-hybridized carbons (Fsp3) is 0.417. The van der Waals surface area contributed by atoms with Crippen molar-refractivity contribution in [1.29, 1.82) is 0 Å². The van der Waals surface area contributed by atoms with E-state index >= 15 is 0 Å². The number of halogens is 1. The lowest BCUT2D eigenvalue weighted by molar-refractivity contribution is 0.367. The molecule has 0 bridgehead atoms. The number of hydrogen-bond acceptors (Lipinski definition) is 4. The zero-order chi connectivity index (χ0) is 13.0. The normalized spacial score (nSPS) is 9.71. The topological polar surface area (TPSA) is 47.9 Å². The van der Waals surface area contributed by atoms with Crippen molar-refractivity contribution in [2.45, 2.75) is 20.4 Å². The number of nitrogens with zero attached hydrogens (tertiary/aromatic N) is 1. The molecule has 0 saturated carbocycles. The molecule has 0 spiro atoms. The highest BCUT2D eigenvalue weighted by atomic mass is 19.1. The molecule has 17 heavy (non-hydrogen) atoms. The lowest BCUT2D eigenvalue weighted by atomic mass is 10.0. The highest BCUT2D eigenvalue weighted by Gasteiger charge is 2.20. The van der Waals surface area contributed by atoms with E-state index < -0.39 is 5.82 Å². The Bertz CT molecular complexity index is 479. The molecule has 0 heterocycles. The van der Waals surface area contributed by atoms with E-state index in [4.69, 9.17) is 9.47 Å². The molecule has 1 aromatic rings. The molecule has 0 aliphatic heterocycles. The van der Waals surface area contributed by atoms with Gasteiger partial charge in [0, 0.05) is 16.7 Å². The predicted octanol–water partition coefficient (Wildman–Crippen LogP) is 2.30. The van der Waals surface area contributed by atoms with Crippen LogP contribution in [0.5, 0.6) is 11.5 Å². The summed E-state index contributed by atoms with van der Waals surface area (Å²) < 4.78 is 24.1. The number of isocyanates is 1. The van der Waals surface area contributed by atoms with Gasteiger partial charge >= 0.3 is 0 Å². The molecule has 0 aliphatic rings. The van der Waals surface area contributed by atoms with E-state index in [0.29, 0.717) is 22.4 Å². The fourth-order valence-corrected chi connectivity index (χ4v) is 1.79. The predicted molar refractivity (Wildman–Crippen MR) is 60.8 cm³/mol. The second-order valence-corrected chi connectivity index (χ2v) is 3.52. The Kier molecular flexibility index (Phi) is 4.24. The van der Waals surface area contributed by atoms with Crippen LogP contribution < -0.4 is 9.47 Å². The zero-order valence-electron chi connectivity index (χ0n) is 10.3. The SMILES string of the molecule is COc1c(C)c(CN=C=O)c(OC)c(C)c1F. The third-order valence-corrected chi connectivity index (χ3v) is 2.65. The molecule has 0 saturated heterocycles. The molecule has 0 aromatic heterocycles. The first-order chi connectivity index (χ1) is 8.08.